The van der Waals surface area contributed by atoms with Gasteiger partial charge in [0.1, 0.15) is 5.78 Å². The first-order chi connectivity index (χ1) is 16.5. The minimum absolute atomic E-state index is 0.201. The predicted molar refractivity (Wildman–Crippen MR) is 140 cm³/mol. The molecule has 0 unspecified atom stereocenters. The largest absolute Gasteiger partial charge is 0.481 e. The number of ketones is 1. The molecule has 1 aliphatic carbocycles. The van der Waals surface area contributed by atoms with Gasteiger partial charge in [-0.25, -0.2) is 0 Å². The number of hydrogen-bond acceptors (Lipinski definition) is 3. The van der Waals surface area contributed by atoms with Gasteiger partial charge >= 0.3 is 5.97 Å². The van der Waals surface area contributed by atoms with Crippen LogP contribution in [0.2, 0.25) is 0 Å². The number of aliphatic carboxylic acids is 1. The summed E-state index contributed by atoms with van der Waals surface area (Å²) in [6.45, 7) is 2.49. The maximum absolute atomic E-state index is 12.1. The molecule has 5 nitrogen and oxygen atoms in total. The van der Waals surface area contributed by atoms with Crippen molar-refractivity contribution < 1.29 is 19.5 Å². The van der Waals surface area contributed by atoms with Crippen molar-refractivity contribution in [3.8, 4) is 0 Å². The highest BCUT2D eigenvalue weighted by atomic mass is 16.4. The molecule has 0 radical (unpaired) electrons. The van der Waals surface area contributed by atoms with Gasteiger partial charge in [0.15, 0.2) is 0 Å². The SMILES string of the molecule is CC(=O)[C@H]1CC[C@H](CNC(=O)CCCCCCCCCCCCCCCCCCC(=O)O)CC1. The maximum atomic E-state index is 12.1. The Balaban J connectivity index is 1.76. The normalized spacial score (nSPS) is 18.0. The van der Waals surface area contributed by atoms with Gasteiger partial charge in [-0.2, -0.15) is 0 Å². The summed E-state index contributed by atoms with van der Waals surface area (Å²) in [5.74, 6) is 0.676. The summed E-state index contributed by atoms with van der Waals surface area (Å²) in [5, 5.41) is 11.7. The van der Waals surface area contributed by atoms with Gasteiger partial charge in [-0.05, 0) is 51.4 Å². The van der Waals surface area contributed by atoms with Crippen LogP contribution in [0.5, 0.6) is 0 Å². The molecule has 2 N–H and O–H groups in total. The van der Waals surface area contributed by atoms with Crippen LogP contribution in [0.25, 0.3) is 0 Å². The number of unbranched alkanes of at least 4 members (excludes halogenated alkanes) is 15. The van der Waals surface area contributed by atoms with Crippen molar-refractivity contribution in [2.75, 3.05) is 6.54 Å². The van der Waals surface area contributed by atoms with Crippen molar-refractivity contribution in [3.05, 3.63) is 0 Å². The first kappa shape index (κ1) is 30.6. The number of carbonyl (C=O) groups excluding carboxylic acids is 2. The first-order valence-corrected chi connectivity index (χ1v) is 14.5. The molecule has 0 aromatic heterocycles. The van der Waals surface area contributed by atoms with Gasteiger partial charge in [-0.1, -0.05) is 89.9 Å². The van der Waals surface area contributed by atoms with Gasteiger partial charge in [-0.3, -0.25) is 14.4 Å². The molecule has 0 bridgehead atoms. The fourth-order valence-corrected chi connectivity index (χ4v) is 5.16. The predicted octanol–water partition coefficient (Wildman–Crippen LogP) is 7.60. The van der Waals surface area contributed by atoms with Gasteiger partial charge < -0.3 is 10.4 Å². The highest BCUT2D eigenvalue weighted by Crippen LogP contribution is 2.28. The number of carboxylic acid groups (broad SMARTS) is 1. The summed E-state index contributed by atoms with van der Waals surface area (Å²) in [6.07, 6.45) is 24.8. The summed E-state index contributed by atoms with van der Waals surface area (Å²) in [7, 11) is 0. The lowest BCUT2D eigenvalue weighted by Gasteiger charge is -2.27. The van der Waals surface area contributed by atoms with Crippen molar-refractivity contribution in [2.45, 2.75) is 148 Å². The van der Waals surface area contributed by atoms with Crippen molar-refractivity contribution in [1.82, 2.24) is 5.32 Å². The zero-order valence-electron chi connectivity index (χ0n) is 22.1. The number of amides is 1. The Labute approximate surface area is 209 Å². The van der Waals surface area contributed by atoms with Gasteiger partial charge in [-0.15, -0.1) is 0 Å². The molecule has 0 saturated heterocycles. The third-order valence-corrected chi connectivity index (χ3v) is 7.55. The van der Waals surface area contributed by atoms with E-state index in [9.17, 15) is 14.4 Å². The molecule has 0 atom stereocenters. The minimum atomic E-state index is -0.670. The standard InChI is InChI=1S/C29H53NO4/c1-25(31)27-22-20-26(21-23-27)24-30-28(32)18-16-14-12-10-8-6-4-2-3-5-7-9-11-13-15-17-19-29(33)34/h26-27H,2-24H2,1H3,(H,30,32)(H,33,34)/t26-,27-. The molecule has 34 heavy (non-hydrogen) atoms. The van der Waals surface area contributed by atoms with E-state index < -0.39 is 5.97 Å². The maximum Gasteiger partial charge on any atom is 0.303 e. The van der Waals surface area contributed by atoms with E-state index in [4.69, 9.17) is 5.11 Å². The van der Waals surface area contributed by atoms with Gasteiger partial charge in [0, 0.05) is 25.3 Å². The van der Waals surface area contributed by atoms with E-state index in [2.05, 4.69) is 5.32 Å². The molecule has 5 heteroatoms. The Kier molecular flexibility index (Phi) is 18.9. The second-order valence-corrected chi connectivity index (χ2v) is 10.7. The Morgan fingerprint density at radius 3 is 1.38 bits per heavy atom. The molecule has 1 saturated carbocycles. The van der Waals surface area contributed by atoms with Crippen LogP contribution in [0.1, 0.15) is 148 Å². The van der Waals surface area contributed by atoms with E-state index in [0.717, 1.165) is 57.9 Å². The van der Waals surface area contributed by atoms with Gasteiger partial charge in [0.05, 0.1) is 0 Å². The zero-order chi connectivity index (χ0) is 24.9. The van der Waals surface area contributed by atoms with E-state index >= 15 is 0 Å². The molecule has 198 valence electrons. The van der Waals surface area contributed by atoms with Crippen molar-refractivity contribution in [1.29, 1.82) is 0 Å². The minimum Gasteiger partial charge on any atom is -0.481 e. The molecule has 0 aromatic rings. The van der Waals surface area contributed by atoms with Crippen LogP contribution in [0.3, 0.4) is 0 Å². The lowest BCUT2D eigenvalue weighted by molar-refractivity contribution is -0.137. The molecule has 1 aliphatic rings. The number of carboxylic acids is 1. The smallest absolute Gasteiger partial charge is 0.303 e. The molecule has 0 heterocycles. The quantitative estimate of drug-likeness (QED) is 0.157. The Morgan fingerprint density at radius 2 is 1.00 bits per heavy atom. The molecular weight excluding hydrogens is 426 g/mol. The lowest BCUT2D eigenvalue weighted by Crippen LogP contribution is -2.32. The Hall–Kier alpha value is -1.39. The third kappa shape index (κ3) is 18.0. The fraction of sp³-hybridized carbons (Fsp3) is 0.897. The molecule has 0 aliphatic heterocycles. The summed E-state index contributed by atoms with van der Waals surface area (Å²) < 4.78 is 0. The van der Waals surface area contributed by atoms with Gasteiger partial charge in [0.25, 0.3) is 0 Å². The molecule has 1 rings (SSSR count). The zero-order valence-corrected chi connectivity index (χ0v) is 22.1. The number of nitrogens with one attached hydrogen (secondary N) is 1. The number of rotatable bonds is 22. The molecule has 1 fully saturated rings. The van der Waals surface area contributed by atoms with E-state index in [-0.39, 0.29) is 11.8 Å². The van der Waals surface area contributed by atoms with Crippen LogP contribution < -0.4 is 5.32 Å². The molecular formula is C29H53NO4. The highest BCUT2D eigenvalue weighted by Gasteiger charge is 2.23. The van der Waals surface area contributed by atoms with E-state index in [1.165, 1.54) is 77.0 Å². The highest BCUT2D eigenvalue weighted by molar-refractivity contribution is 5.78. The monoisotopic (exact) mass is 479 g/mol. The van der Waals surface area contributed by atoms with Crippen LogP contribution in [0.4, 0.5) is 0 Å². The second-order valence-electron chi connectivity index (χ2n) is 10.7. The number of Topliss-reactive ketones (excluding diaryl/α,β-unsaturated/α-hetero) is 1. The number of hydrogen-bond donors (Lipinski definition) is 2. The van der Waals surface area contributed by atoms with Gasteiger partial charge in [0.2, 0.25) is 5.91 Å². The summed E-state index contributed by atoms with van der Waals surface area (Å²) in [5.41, 5.74) is 0. The van der Waals surface area contributed by atoms with Crippen LogP contribution in [0, 0.1) is 11.8 Å². The summed E-state index contributed by atoms with van der Waals surface area (Å²) in [6, 6.07) is 0. The van der Waals surface area contributed by atoms with E-state index in [1.54, 1.807) is 6.92 Å². The Bertz CT molecular complexity index is 540. The van der Waals surface area contributed by atoms with Crippen LogP contribution in [-0.4, -0.2) is 29.3 Å². The lowest BCUT2D eigenvalue weighted by atomic mass is 9.80. The fourth-order valence-electron chi connectivity index (χ4n) is 5.16. The average molecular weight is 480 g/mol. The molecule has 1 amide bonds. The van der Waals surface area contributed by atoms with Crippen molar-refractivity contribution in [2.24, 2.45) is 11.8 Å². The van der Waals surface area contributed by atoms with Crippen LogP contribution in [-0.2, 0) is 14.4 Å². The third-order valence-electron chi connectivity index (χ3n) is 7.55. The summed E-state index contributed by atoms with van der Waals surface area (Å²) >= 11 is 0. The molecule has 0 aromatic carbocycles. The second kappa shape index (κ2) is 20.9. The number of carbonyl (C=O) groups is 3. The van der Waals surface area contributed by atoms with E-state index in [0.29, 0.717) is 24.5 Å². The first-order valence-electron chi connectivity index (χ1n) is 14.5. The molecule has 0 spiro atoms. The van der Waals surface area contributed by atoms with Crippen molar-refractivity contribution in [3.63, 3.8) is 0 Å². The Morgan fingerprint density at radius 1 is 0.618 bits per heavy atom. The van der Waals surface area contributed by atoms with E-state index in [1.807, 2.05) is 0 Å². The van der Waals surface area contributed by atoms with Crippen LogP contribution >= 0.6 is 0 Å². The van der Waals surface area contributed by atoms with Crippen LogP contribution in [0.15, 0.2) is 0 Å². The topological polar surface area (TPSA) is 83.5 Å². The van der Waals surface area contributed by atoms with Crippen molar-refractivity contribution >= 4 is 17.7 Å². The summed E-state index contributed by atoms with van der Waals surface area (Å²) in [4.78, 5) is 33.9. The average Bonchev–Trinajstić information content (AvgIpc) is 2.82.